The fraction of sp³-hybridized carbons (Fsp3) is 0.211. The first kappa shape index (κ1) is 16.9. The Labute approximate surface area is 165 Å². The van der Waals surface area contributed by atoms with E-state index in [-0.39, 0.29) is 11.9 Å². The molecule has 2 aromatic heterocycles. The maximum absolute atomic E-state index is 13.4. The molecule has 0 aliphatic carbocycles. The summed E-state index contributed by atoms with van der Waals surface area (Å²) in [6.07, 6.45) is 3.23. The molecule has 9 heteroatoms. The Hall–Kier alpha value is -3.26. The monoisotopic (exact) mass is 393 g/mol. The van der Waals surface area contributed by atoms with Gasteiger partial charge in [0.15, 0.2) is 0 Å². The van der Waals surface area contributed by atoms with Gasteiger partial charge in [-0.3, -0.25) is 4.79 Å². The normalized spacial score (nSPS) is 16.8. The highest BCUT2D eigenvalue weighted by atomic mass is 35.5. The van der Waals surface area contributed by atoms with Gasteiger partial charge in [0.25, 0.3) is 5.91 Å². The molecule has 8 nitrogen and oxygen atoms in total. The lowest BCUT2D eigenvalue weighted by Crippen LogP contribution is -2.32. The van der Waals surface area contributed by atoms with Crippen LogP contribution in [0.4, 0.5) is 0 Å². The molecule has 28 heavy (non-hydrogen) atoms. The van der Waals surface area contributed by atoms with Crippen LogP contribution in [0.3, 0.4) is 0 Å². The molecule has 1 saturated heterocycles. The summed E-state index contributed by atoms with van der Waals surface area (Å²) >= 11 is 6.15. The number of amides is 1. The molecule has 4 aromatic rings. The number of fused-ring (bicyclic) bond motifs is 1. The molecule has 1 aliphatic rings. The van der Waals surface area contributed by atoms with Crippen molar-refractivity contribution >= 4 is 28.5 Å². The van der Waals surface area contributed by atoms with Crippen LogP contribution in [0.1, 0.15) is 35.1 Å². The van der Waals surface area contributed by atoms with Crippen LogP contribution in [0.15, 0.2) is 48.8 Å². The van der Waals surface area contributed by atoms with E-state index in [1.165, 1.54) is 11.0 Å². The van der Waals surface area contributed by atoms with E-state index < -0.39 is 0 Å². The Morgan fingerprint density at radius 1 is 1.21 bits per heavy atom. The lowest BCUT2D eigenvalue weighted by Gasteiger charge is -2.24. The summed E-state index contributed by atoms with van der Waals surface area (Å²) in [6.45, 7) is 0.665. The second kappa shape index (κ2) is 6.72. The van der Waals surface area contributed by atoms with E-state index in [1.54, 1.807) is 18.2 Å². The molecule has 1 unspecified atom stereocenters. The molecular formula is C19H16ClN7O. The van der Waals surface area contributed by atoms with Crippen LogP contribution >= 0.6 is 11.6 Å². The number of carbonyl (C=O) groups is 1. The fourth-order valence-corrected chi connectivity index (χ4v) is 3.89. The van der Waals surface area contributed by atoms with E-state index in [9.17, 15) is 4.79 Å². The van der Waals surface area contributed by atoms with Gasteiger partial charge in [0.2, 0.25) is 0 Å². The van der Waals surface area contributed by atoms with E-state index >= 15 is 0 Å². The molecule has 0 saturated carbocycles. The van der Waals surface area contributed by atoms with E-state index in [2.05, 4.69) is 20.5 Å². The Bertz CT molecular complexity index is 1120. The summed E-state index contributed by atoms with van der Waals surface area (Å²) in [7, 11) is 0. The average molecular weight is 394 g/mol. The molecular weight excluding hydrogens is 378 g/mol. The van der Waals surface area contributed by atoms with Gasteiger partial charge in [-0.1, -0.05) is 23.7 Å². The first-order chi connectivity index (χ1) is 13.7. The van der Waals surface area contributed by atoms with Crippen LogP contribution in [0.25, 0.3) is 16.7 Å². The number of benzene rings is 2. The highest BCUT2D eigenvalue weighted by molar-refractivity contribution is 6.31. The highest BCUT2D eigenvalue weighted by Crippen LogP contribution is 2.33. The Kier molecular flexibility index (Phi) is 4.05. The molecule has 0 radical (unpaired) electrons. The number of aromatic amines is 1. The number of hydrogen-bond acceptors (Lipinski definition) is 5. The number of hydrogen-bond donors (Lipinski definition) is 1. The summed E-state index contributed by atoms with van der Waals surface area (Å²) < 4.78 is 1.45. The number of rotatable bonds is 3. The van der Waals surface area contributed by atoms with Crippen molar-refractivity contribution in [3.8, 4) is 5.69 Å². The molecule has 0 spiro atoms. The highest BCUT2D eigenvalue weighted by Gasteiger charge is 2.34. The van der Waals surface area contributed by atoms with Crippen molar-refractivity contribution in [2.45, 2.75) is 18.9 Å². The third-order valence-corrected chi connectivity index (χ3v) is 5.26. The summed E-state index contributed by atoms with van der Waals surface area (Å²) in [4.78, 5) is 23.3. The molecule has 1 atom stereocenters. The number of aromatic nitrogens is 6. The molecule has 1 fully saturated rings. The van der Waals surface area contributed by atoms with Crippen LogP contribution in [-0.4, -0.2) is 47.5 Å². The zero-order chi connectivity index (χ0) is 19.1. The summed E-state index contributed by atoms with van der Waals surface area (Å²) in [6, 6.07) is 12.9. The molecule has 3 heterocycles. The molecule has 140 valence electrons. The van der Waals surface area contributed by atoms with E-state index in [0.29, 0.717) is 22.8 Å². The smallest absolute Gasteiger partial charge is 0.256 e. The van der Waals surface area contributed by atoms with Crippen LogP contribution in [0.5, 0.6) is 0 Å². The number of para-hydroxylation sites is 2. The molecule has 5 rings (SSSR count). The number of carbonyl (C=O) groups excluding carboxylic acids is 1. The topological polar surface area (TPSA) is 92.6 Å². The van der Waals surface area contributed by atoms with Gasteiger partial charge < -0.3 is 9.88 Å². The maximum Gasteiger partial charge on any atom is 0.256 e. The van der Waals surface area contributed by atoms with Gasteiger partial charge in [0.1, 0.15) is 12.2 Å². The average Bonchev–Trinajstić information content (AvgIpc) is 3.47. The number of imidazole rings is 1. The van der Waals surface area contributed by atoms with Crippen molar-refractivity contribution < 1.29 is 4.79 Å². The minimum atomic E-state index is -0.0997. The van der Waals surface area contributed by atoms with Gasteiger partial charge in [-0.15, -0.1) is 5.10 Å². The molecule has 2 aromatic carbocycles. The van der Waals surface area contributed by atoms with Gasteiger partial charge in [0, 0.05) is 11.6 Å². The SMILES string of the molecule is O=C(c1ccc(Cl)cc1-n1cnnn1)N1CCCC1c1nc2ccccc2[nH]1. The first-order valence-electron chi connectivity index (χ1n) is 8.99. The van der Waals surface area contributed by atoms with Crippen molar-refractivity contribution in [3.63, 3.8) is 0 Å². The van der Waals surface area contributed by atoms with Crippen molar-refractivity contribution in [1.82, 2.24) is 35.1 Å². The Morgan fingerprint density at radius 2 is 2.11 bits per heavy atom. The molecule has 1 amide bonds. The van der Waals surface area contributed by atoms with Gasteiger partial charge in [0.05, 0.1) is 28.3 Å². The van der Waals surface area contributed by atoms with Gasteiger partial charge in [-0.25, -0.2) is 4.98 Å². The molecule has 0 bridgehead atoms. The van der Waals surface area contributed by atoms with Gasteiger partial charge >= 0.3 is 0 Å². The summed E-state index contributed by atoms with van der Waals surface area (Å²) in [5.74, 6) is 0.718. The van der Waals surface area contributed by atoms with Crippen LogP contribution in [0, 0.1) is 0 Å². The number of H-pyrrole nitrogens is 1. The lowest BCUT2D eigenvalue weighted by molar-refractivity contribution is 0.0730. The molecule has 1 N–H and O–H groups in total. The van der Waals surface area contributed by atoms with Crippen LogP contribution < -0.4 is 0 Å². The van der Waals surface area contributed by atoms with Crippen molar-refractivity contribution in [2.24, 2.45) is 0 Å². The van der Waals surface area contributed by atoms with Crippen LogP contribution in [0.2, 0.25) is 5.02 Å². The third kappa shape index (κ3) is 2.82. The van der Waals surface area contributed by atoms with Crippen molar-refractivity contribution in [2.75, 3.05) is 6.54 Å². The van der Waals surface area contributed by atoms with Crippen LogP contribution in [-0.2, 0) is 0 Å². The number of nitrogens with one attached hydrogen (secondary N) is 1. The Morgan fingerprint density at radius 3 is 2.93 bits per heavy atom. The summed E-state index contributed by atoms with van der Waals surface area (Å²) in [5, 5.41) is 11.7. The first-order valence-corrected chi connectivity index (χ1v) is 9.37. The standard InChI is InChI=1S/C19H16ClN7O/c20-12-7-8-13(17(10-12)27-11-21-24-25-27)19(28)26-9-3-6-16(26)18-22-14-4-1-2-5-15(14)23-18/h1-2,4-5,7-8,10-11,16H,3,6,9H2,(H,22,23). The number of halogens is 1. The Balaban J connectivity index is 1.53. The quantitative estimate of drug-likeness (QED) is 0.577. The predicted octanol–water partition coefficient (Wildman–Crippen LogP) is 3.17. The number of tetrazole rings is 1. The minimum absolute atomic E-state index is 0.0925. The largest absolute Gasteiger partial charge is 0.340 e. The zero-order valence-electron chi connectivity index (χ0n) is 14.8. The minimum Gasteiger partial charge on any atom is -0.340 e. The van der Waals surface area contributed by atoms with E-state index in [4.69, 9.17) is 16.6 Å². The fourth-order valence-electron chi connectivity index (χ4n) is 3.73. The van der Waals surface area contributed by atoms with Gasteiger partial charge in [-0.05, 0) is 53.6 Å². The molecule has 1 aliphatic heterocycles. The van der Waals surface area contributed by atoms with E-state index in [1.807, 2.05) is 29.2 Å². The summed E-state index contributed by atoms with van der Waals surface area (Å²) in [5.41, 5.74) is 2.92. The number of likely N-dealkylation sites (tertiary alicyclic amines) is 1. The lowest BCUT2D eigenvalue weighted by atomic mass is 10.1. The predicted molar refractivity (Wildman–Crippen MR) is 103 cm³/mol. The number of nitrogens with zero attached hydrogens (tertiary/aromatic N) is 6. The zero-order valence-corrected chi connectivity index (χ0v) is 15.5. The second-order valence-electron chi connectivity index (χ2n) is 6.71. The second-order valence-corrected chi connectivity index (χ2v) is 7.15. The van der Waals surface area contributed by atoms with Crippen molar-refractivity contribution in [1.29, 1.82) is 0 Å². The maximum atomic E-state index is 13.4. The third-order valence-electron chi connectivity index (χ3n) is 5.02. The van der Waals surface area contributed by atoms with E-state index in [0.717, 1.165) is 29.7 Å². The van der Waals surface area contributed by atoms with Crippen molar-refractivity contribution in [3.05, 3.63) is 65.2 Å². The van der Waals surface area contributed by atoms with Gasteiger partial charge in [-0.2, -0.15) is 4.68 Å².